The molecule has 0 amide bonds. The molecule has 25 heteroatoms. The minimum atomic E-state index is -5.71. The van der Waals surface area contributed by atoms with Crippen molar-refractivity contribution in [2.45, 2.75) is 55.9 Å². The summed E-state index contributed by atoms with van der Waals surface area (Å²) in [5.41, 5.74) is 4.39. The van der Waals surface area contributed by atoms with E-state index in [4.69, 9.17) is 45.6 Å². The van der Waals surface area contributed by atoms with Crippen LogP contribution in [-0.2, 0) is 36.4 Å². The first-order valence-electron chi connectivity index (χ1n) is 10.9. The number of phosphoric acid groups is 3. The Balaban J connectivity index is 0.000000572. The van der Waals surface area contributed by atoms with Gasteiger partial charge in [0.1, 0.15) is 48.5 Å². The van der Waals surface area contributed by atoms with Crippen molar-refractivity contribution >= 4 is 35.6 Å². The molecule has 240 valence electrons. The fraction of sp³-hybridized carbons (Fsp3) is 0.588. The highest BCUT2D eigenvalue weighted by Crippen LogP contribution is 2.66. The Morgan fingerprint density at radius 2 is 1.67 bits per heavy atom. The van der Waals surface area contributed by atoms with E-state index in [1.807, 2.05) is 0 Å². The number of phosphoric ester groups is 1. The maximum absolute atomic E-state index is 11.8. The molecule has 0 aromatic carbocycles. The van der Waals surface area contributed by atoms with Gasteiger partial charge in [-0.2, -0.15) is 13.6 Å². The predicted molar refractivity (Wildman–Crippen MR) is 132 cm³/mol. The number of aliphatic hydroxyl groups is 6. The number of anilines is 1. The van der Waals surface area contributed by atoms with Gasteiger partial charge in [-0.1, -0.05) is 5.92 Å². The van der Waals surface area contributed by atoms with Crippen LogP contribution in [0.4, 0.5) is 5.82 Å². The Labute approximate surface area is 235 Å². The van der Waals surface area contributed by atoms with E-state index in [1.165, 1.54) is 13.0 Å². The molecule has 1 aromatic rings. The Hall–Kier alpha value is -1.96. The molecule has 1 aliphatic heterocycles. The topological polar surface area (TPSA) is 368 Å². The van der Waals surface area contributed by atoms with Crippen LogP contribution in [0.15, 0.2) is 17.1 Å². The second kappa shape index (κ2) is 15.7. The molecule has 6 unspecified atom stereocenters. The first-order valence-corrected chi connectivity index (χ1v) is 15.4. The molecule has 2 rings (SSSR count). The summed E-state index contributed by atoms with van der Waals surface area (Å²) in [6, 6.07) is 1.20. The molecule has 1 fully saturated rings. The third kappa shape index (κ3) is 12.0. The van der Waals surface area contributed by atoms with E-state index in [9.17, 15) is 38.4 Å². The first kappa shape index (κ1) is 38.1. The average Bonchev–Trinajstić information content (AvgIpc) is 3.13. The van der Waals surface area contributed by atoms with Crippen molar-refractivity contribution in [2.75, 3.05) is 12.3 Å². The normalized spacial score (nSPS) is 26.2. The van der Waals surface area contributed by atoms with Crippen LogP contribution in [0.25, 0.3) is 0 Å². The molecular weight excluding hydrogens is 643 g/mol. The van der Waals surface area contributed by atoms with Crippen LogP contribution in [0.3, 0.4) is 0 Å². The van der Waals surface area contributed by atoms with Crippen LogP contribution in [0.5, 0.6) is 0 Å². The molecule has 12 N–H and O–H groups in total. The zero-order valence-corrected chi connectivity index (χ0v) is 23.7. The van der Waals surface area contributed by atoms with Gasteiger partial charge in [-0.25, -0.2) is 18.5 Å². The van der Waals surface area contributed by atoms with Crippen molar-refractivity contribution < 1.29 is 86.6 Å². The quantitative estimate of drug-likeness (QED) is 0.0566. The number of carbonyl (C=O) groups excluding carboxylic acids is 1. The van der Waals surface area contributed by atoms with Crippen LogP contribution in [-0.4, -0.2) is 115 Å². The van der Waals surface area contributed by atoms with Crippen molar-refractivity contribution in [3.63, 3.8) is 0 Å². The standard InChI is InChI=1S/C9H16N3O14P3.C8H12O5/c10-5-1-2-12(9(15)11-5)8-7(14)6(13)4(24-8)3-23-28(19,20)26-29(21,22)25-27(16,17)18;1-2-3-5(10)7(12)8(13)6(11)4-9/h1-2,4,6-8,13-14H,3H2,(H,19,20)(H,21,22)(H2,10,11,15)(H2,16,17,18);4-8,10-13H,1H3/t4-,6-,7-,8-;/m1./s1. The molecule has 0 aliphatic carbocycles. The van der Waals surface area contributed by atoms with E-state index in [-0.39, 0.29) is 12.1 Å². The van der Waals surface area contributed by atoms with Gasteiger partial charge in [0, 0.05) is 6.20 Å². The van der Waals surface area contributed by atoms with Crippen molar-refractivity contribution in [3.05, 3.63) is 22.7 Å². The van der Waals surface area contributed by atoms with E-state index >= 15 is 0 Å². The summed E-state index contributed by atoms with van der Waals surface area (Å²) in [4.78, 5) is 60.5. The summed E-state index contributed by atoms with van der Waals surface area (Å²) in [5, 5.41) is 55.9. The lowest BCUT2D eigenvalue weighted by Crippen LogP contribution is -2.44. The number of aldehydes is 1. The summed E-state index contributed by atoms with van der Waals surface area (Å²) < 4.78 is 50.8. The van der Waals surface area contributed by atoms with Crippen LogP contribution < -0.4 is 11.4 Å². The Bertz CT molecular complexity index is 1330. The Morgan fingerprint density at radius 1 is 1.07 bits per heavy atom. The molecule has 0 bridgehead atoms. The summed E-state index contributed by atoms with van der Waals surface area (Å²) in [6.45, 7) is 0.425. The minimum Gasteiger partial charge on any atom is -0.387 e. The third-order valence-corrected chi connectivity index (χ3v) is 8.54. The van der Waals surface area contributed by atoms with Gasteiger partial charge in [0.15, 0.2) is 12.5 Å². The van der Waals surface area contributed by atoms with Crippen LogP contribution in [0.2, 0.25) is 0 Å². The van der Waals surface area contributed by atoms with Gasteiger partial charge in [0.05, 0.1) is 6.61 Å². The summed E-state index contributed by atoms with van der Waals surface area (Å²) in [7, 11) is -16.7. The number of ether oxygens (including phenoxy) is 1. The van der Waals surface area contributed by atoms with Crippen molar-refractivity contribution in [3.8, 4) is 11.8 Å². The number of carbonyl (C=O) groups is 1. The third-order valence-electron chi connectivity index (χ3n) is 4.74. The zero-order valence-electron chi connectivity index (χ0n) is 21.0. The summed E-state index contributed by atoms with van der Waals surface area (Å²) in [5.74, 6) is 4.37. The molecule has 0 radical (unpaired) electrons. The maximum atomic E-state index is 11.8. The Kier molecular flexibility index (Phi) is 14.2. The number of nitrogen functional groups attached to an aromatic ring is 1. The number of nitrogens with two attached hydrogens (primary N) is 1. The highest BCUT2D eigenvalue weighted by atomic mass is 31.3. The van der Waals surface area contributed by atoms with Gasteiger partial charge in [-0.3, -0.25) is 9.09 Å². The molecule has 0 saturated carbocycles. The van der Waals surface area contributed by atoms with Crippen LogP contribution in [0, 0.1) is 11.8 Å². The number of hydrogen-bond donors (Lipinski definition) is 11. The molecule has 42 heavy (non-hydrogen) atoms. The predicted octanol–water partition coefficient (Wildman–Crippen LogP) is -4.56. The van der Waals surface area contributed by atoms with Gasteiger partial charge in [0.2, 0.25) is 0 Å². The number of rotatable bonds is 12. The lowest BCUT2D eigenvalue weighted by molar-refractivity contribution is -0.130. The van der Waals surface area contributed by atoms with Gasteiger partial charge in [0.25, 0.3) is 0 Å². The van der Waals surface area contributed by atoms with E-state index in [0.29, 0.717) is 0 Å². The maximum Gasteiger partial charge on any atom is 0.490 e. The van der Waals surface area contributed by atoms with Crippen molar-refractivity contribution in [2.24, 2.45) is 0 Å². The fourth-order valence-corrected chi connectivity index (χ4v) is 5.92. The fourth-order valence-electron chi connectivity index (χ4n) is 2.89. The lowest BCUT2D eigenvalue weighted by Gasteiger charge is -2.20. The molecule has 0 spiro atoms. The van der Waals surface area contributed by atoms with Gasteiger partial charge in [-0.15, -0.1) is 5.92 Å². The Morgan fingerprint density at radius 3 is 2.17 bits per heavy atom. The van der Waals surface area contributed by atoms with Crippen molar-refractivity contribution in [1.29, 1.82) is 0 Å². The first-order chi connectivity index (χ1) is 19.1. The molecular formula is C17H28N3O19P3. The van der Waals surface area contributed by atoms with Gasteiger partial charge >= 0.3 is 29.2 Å². The van der Waals surface area contributed by atoms with Crippen molar-refractivity contribution in [1.82, 2.24) is 9.55 Å². The number of aliphatic hydroxyl groups excluding tert-OH is 6. The van der Waals surface area contributed by atoms with Gasteiger partial charge < -0.3 is 65.5 Å². The number of aromatic nitrogens is 2. The number of nitrogens with zero attached hydrogens (tertiary/aromatic N) is 2. The highest BCUT2D eigenvalue weighted by molar-refractivity contribution is 7.66. The van der Waals surface area contributed by atoms with Crippen LogP contribution in [0.1, 0.15) is 13.2 Å². The monoisotopic (exact) mass is 671 g/mol. The molecule has 10 atom stereocenters. The van der Waals surface area contributed by atoms with E-state index in [0.717, 1.165) is 10.8 Å². The van der Waals surface area contributed by atoms with Gasteiger partial charge in [-0.05, 0) is 13.0 Å². The van der Waals surface area contributed by atoms with E-state index in [2.05, 4.69) is 30.0 Å². The average molecular weight is 671 g/mol. The highest BCUT2D eigenvalue weighted by Gasteiger charge is 2.46. The minimum absolute atomic E-state index is 0.0694. The summed E-state index contributed by atoms with van der Waals surface area (Å²) in [6.07, 6.45) is -11.9. The summed E-state index contributed by atoms with van der Waals surface area (Å²) >= 11 is 0. The molecule has 2 heterocycles. The molecule has 22 nitrogen and oxygen atoms in total. The lowest BCUT2D eigenvalue weighted by atomic mass is 10.0. The largest absolute Gasteiger partial charge is 0.490 e. The number of hydrogen-bond acceptors (Lipinski definition) is 17. The van der Waals surface area contributed by atoms with E-state index in [1.54, 1.807) is 0 Å². The molecule has 1 saturated heterocycles. The SMILES string of the molecule is CC#CC(O)C(O)C(O)C(O)C=O.Nc1ccn([C@@H]2O[C@H](COP(=O)(O)OP(=O)(O)OP(=O)(O)O)[C@@H](O)[C@H]2O)c(=O)n1. The molecule has 1 aliphatic rings. The second-order valence-corrected chi connectivity index (χ2v) is 12.3. The second-order valence-electron chi connectivity index (χ2n) is 7.92. The smallest absolute Gasteiger partial charge is 0.387 e. The zero-order chi connectivity index (χ0) is 32.6. The van der Waals surface area contributed by atoms with Crippen LogP contribution >= 0.6 is 23.5 Å². The van der Waals surface area contributed by atoms with E-state index < -0.39 is 84.7 Å². The molecule has 1 aromatic heterocycles.